The van der Waals surface area contributed by atoms with Crippen LogP contribution in [0, 0.1) is 11.6 Å². The Kier molecular flexibility index (Phi) is 5.75. The summed E-state index contributed by atoms with van der Waals surface area (Å²) in [6.45, 7) is 2.34. The molecule has 2 aromatic carbocycles. The van der Waals surface area contributed by atoms with E-state index in [0.29, 0.717) is 36.1 Å². The fourth-order valence-electron chi connectivity index (χ4n) is 8.36. The van der Waals surface area contributed by atoms with Crippen molar-refractivity contribution in [1.29, 1.82) is 0 Å². The molecule has 0 amide bonds. The van der Waals surface area contributed by atoms with E-state index >= 15 is 8.78 Å². The summed E-state index contributed by atoms with van der Waals surface area (Å²) in [5.74, 6) is -0.881. The van der Waals surface area contributed by atoms with Gasteiger partial charge in [0.15, 0.2) is 5.82 Å². The van der Waals surface area contributed by atoms with Gasteiger partial charge in [-0.15, -0.1) is 0 Å². The molecule has 4 fully saturated rings. The molecule has 4 aromatic rings. The molecule has 5 aliphatic rings. The van der Waals surface area contributed by atoms with Gasteiger partial charge in [-0.2, -0.15) is 9.97 Å². The highest BCUT2D eigenvalue weighted by atomic mass is 19.1. The fraction of sp³-hybridized carbons (Fsp3) is 0.469. The van der Waals surface area contributed by atoms with E-state index in [-0.39, 0.29) is 71.1 Å². The van der Waals surface area contributed by atoms with E-state index in [4.69, 9.17) is 14.5 Å². The Bertz CT molecular complexity index is 1840. The SMILES string of the molecule is Oc1cc(-c2nc3c4c(nc(OC[C@]56CCCN5C[C@@H](F)C6)nc4c2F)N2C[C@@H]4CC[C@@H](N4)[C@@H]2CO3)c2c(F)cccc2c1. The van der Waals surface area contributed by atoms with Crippen molar-refractivity contribution in [2.75, 3.05) is 37.7 Å². The number of rotatable bonds is 4. The molecule has 2 aromatic heterocycles. The van der Waals surface area contributed by atoms with Gasteiger partial charge in [0.2, 0.25) is 5.88 Å². The minimum absolute atomic E-state index is 0.00323. The van der Waals surface area contributed by atoms with Gasteiger partial charge in [0.1, 0.15) is 53.4 Å². The van der Waals surface area contributed by atoms with Gasteiger partial charge in [-0.3, -0.25) is 4.90 Å². The zero-order valence-electron chi connectivity index (χ0n) is 23.9. The first-order chi connectivity index (χ1) is 21.4. The summed E-state index contributed by atoms with van der Waals surface area (Å²) >= 11 is 0. The summed E-state index contributed by atoms with van der Waals surface area (Å²) in [4.78, 5) is 18.3. The summed E-state index contributed by atoms with van der Waals surface area (Å²) in [7, 11) is 0. The number of benzene rings is 2. The normalized spacial score (nSPS) is 29.1. The Morgan fingerprint density at radius 1 is 1.11 bits per heavy atom. The maximum atomic E-state index is 16.8. The number of aromatic nitrogens is 3. The topological polar surface area (TPSA) is 95.9 Å². The molecule has 5 atom stereocenters. The van der Waals surface area contributed by atoms with E-state index in [0.717, 1.165) is 32.2 Å². The van der Waals surface area contributed by atoms with Crippen molar-refractivity contribution in [3.05, 3.63) is 42.0 Å². The minimum Gasteiger partial charge on any atom is -0.508 e. The fourth-order valence-corrected chi connectivity index (χ4v) is 8.36. The number of fused-ring (bicyclic) bond motifs is 7. The van der Waals surface area contributed by atoms with Gasteiger partial charge in [-0.05, 0) is 55.8 Å². The average molecular weight is 605 g/mol. The first-order valence-corrected chi connectivity index (χ1v) is 15.4. The van der Waals surface area contributed by atoms with Crippen LogP contribution in [-0.4, -0.2) is 87.6 Å². The lowest BCUT2D eigenvalue weighted by Gasteiger charge is -2.40. The first kappa shape index (κ1) is 26.5. The van der Waals surface area contributed by atoms with Crippen molar-refractivity contribution in [2.24, 2.45) is 0 Å². The number of nitrogens with one attached hydrogen (secondary N) is 1. The number of aromatic hydroxyl groups is 1. The minimum atomic E-state index is -0.915. The van der Waals surface area contributed by atoms with E-state index < -0.39 is 23.3 Å². The zero-order valence-corrected chi connectivity index (χ0v) is 23.9. The Morgan fingerprint density at radius 3 is 2.93 bits per heavy atom. The van der Waals surface area contributed by atoms with Crippen molar-refractivity contribution in [3.8, 4) is 28.9 Å². The molecule has 44 heavy (non-hydrogen) atoms. The Morgan fingerprint density at radius 2 is 2.02 bits per heavy atom. The number of hydrogen-bond acceptors (Lipinski definition) is 9. The standard InChI is InChI=1S/C32H31F3N6O3/c33-17-11-32(7-2-8-40(32)12-17)15-44-31-38-28-25-29(39-31)41-13-18-5-6-22(36-18)23(41)14-43-30(25)37-27(26(28)35)20-10-19(42)9-16-3-1-4-21(34)24(16)20/h1,3-4,9-10,17-18,22-23,36,42H,2,5-8,11-15H2/t17-,18-,22+,23-,32+/m0/s1. The molecule has 228 valence electrons. The molecule has 0 saturated carbocycles. The number of piperazine rings is 1. The maximum absolute atomic E-state index is 16.8. The number of ether oxygens (including phenoxy) is 2. The van der Waals surface area contributed by atoms with Gasteiger partial charge in [-0.1, -0.05) is 12.1 Å². The number of pyridine rings is 1. The Hall–Kier alpha value is -3.90. The number of phenolic OH excluding ortho intramolecular Hbond substituents is 1. The van der Waals surface area contributed by atoms with Crippen molar-refractivity contribution < 1.29 is 27.8 Å². The number of hydrogen-bond donors (Lipinski definition) is 2. The largest absolute Gasteiger partial charge is 0.508 e. The molecule has 0 radical (unpaired) electrons. The lowest BCUT2D eigenvalue weighted by molar-refractivity contribution is 0.107. The van der Waals surface area contributed by atoms with Crippen LogP contribution >= 0.6 is 0 Å². The summed E-state index contributed by atoms with van der Waals surface area (Å²) in [6.07, 6.45) is 3.24. The molecule has 4 saturated heterocycles. The summed E-state index contributed by atoms with van der Waals surface area (Å²) in [5, 5.41) is 15.0. The molecular formula is C32H31F3N6O3. The number of nitrogens with zero attached hydrogens (tertiary/aromatic N) is 5. The van der Waals surface area contributed by atoms with Crippen LogP contribution in [0.2, 0.25) is 0 Å². The highest BCUT2D eigenvalue weighted by Gasteiger charge is 2.50. The van der Waals surface area contributed by atoms with Gasteiger partial charge in [0, 0.05) is 42.5 Å². The molecular weight excluding hydrogens is 573 g/mol. The highest BCUT2D eigenvalue weighted by molar-refractivity contribution is 6.02. The van der Waals surface area contributed by atoms with Gasteiger partial charge in [-0.25, -0.2) is 18.2 Å². The van der Waals surface area contributed by atoms with Gasteiger partial charge >= 0.3 is 6.01 Å². The number of halogens is 3. The molecule has 0 unspecified atom stereocenters. The molecule has 0 spiro atoms. The second-order valence-corrected chi connectivity index (χ2v) is 12.9. The quantitative estimate of drug-likeness (QED) is 0.350. The third kappa shape index (κ3) is 3.89. The zero-order chi connectivity index (χ0) is 29.7. The predicted octanol–water partition coefficient (Wildman–Crippen LogP) is 4.49. The van der Waals surface area contributed by atoms with Crippen LogP contribution < -0.4 is 19.7 Å². The molecule has 9 rings (SSSR count). The lowest BCUT2D eigenvalue weighted by Crippen LogP contribution is -2.60. The molecule has 0 aliphatic carbocycles. The summed E-state index contributed by atoms with van der Waals surface area (Å²) in [5.41, 5.74) is -0.593. The second kappa shape index (κ2) is 9.55. The maximum Gasteiger partial charge on any atom is 0.319 e. The van der Waals surface area contributed by atoms with E-state index in [9.17, 15) is 9.50 Å². The Labute approximate surface area is 251 Å². The van der Waals surface area contributed by atoms with Gasteiger partial charge < -0.3 is 24.8 Å². The van der Waals surface area contributed by atoms with E-state index in [1.165, 1.54) is 24.3 Å². The molecule has 2 N–H and O–H groups in total. The van der Waals surface area contributed by atoms with Crippen LogP contribution in [-0.2, 0) is 0 Å². The molecule has 12 heteroatoms. The van der Waals surface area contributed by atoms with Crippen LogP contribution in [0.4, 0.5) is 19.0 Å². The van der Waals surface area contributed by atoms with Crippen LogP contribution in [0.5, 0.6) is 17.6 Å². The van der Waals surface area contributed by atoms with Crippen molar-refractivity contribution in [1.82, 2.24) is 25.2 Å². The van der Waals surface area contributed by atoms with Crippen molar-refractivity contribution in [2.45, 2.75) is 61.9 Å². The summed E-state index contributed by atoms with van der Waals surface area (Å²) < 4.78 is 59.1. The number of alkyl halides is 1. The van der Waals surface area contributed by atoms with E-state index in [1.54, 1.807) is 6.07 Å². The summed E-state index contributed by atoms with van der Waals surface area (Å²) in [6, 6.07) is 7.54. The third-order valence-electron chi connectivity index (χ3n) is 10.3. The molecule has 7 heterocycles. The van der Waals surface area contributed by atoms with Crippen LogP contribution in [0.25, 0.3) is 32.9 Å². The first-order valence-electron chi connectivity index (χ1n) is 15.4. The van der Waals surface area contributed by atoms with Crippen LogP contribution in [0.15, 0.2) is 30.3 Å². The smallest absolute Gasteiger partial charge is 0.319 e. The van der Waals surface area contributed by atoms with Crippen LogP contribution in [0.1, 0.15) is 32.1 Å². The monoisotopic (exact) mass is 604 g/mol. The highest BCUT2D eigenvalue weighted by Crippen LogP contribution is 2.45. The van der Waals surface area contributed by atoms with Gasteiger partial charge in [0.05, 0.1) is 11.6 Å². The van der Waals surface area contributed by atoms with Crippen molar-refractivity contribution >= 4 is 27.5 Å². The Balaban J connectivity index is 1.23. The molecule has 9 nitrogen and oxygen atoms in total. The van der Waals surface area contributed by atoms with Crippen LogP contribution in [0.3, 0.4) is 0 Å². The third-order valence-corrected chi connectivity index (χ3v) is 10.3. The average Bonchev–Trinajstić information content (AvgIpc) is 3.64. The molecule has 5 aliphatic heterocycles. The molecule has 2 bridgehead atoms. The van der Waals surface area contributed by atoms with E-state index in [1.807, 2.05) is 0 Å². The van der Waals surface area contributed by atoms with Gasteiger partial charge in [0.25, 0.3) is 0 Å². The second-order valence-electron chi connectivity index (χ2n) is 12.9. The van der Waals surface area contributed by atoms with Crippen molar-refractivity contribution in [3.63, 3.8) is 0 Å². The number of anilines is 1. The lowest BCUT2D eigenvalue weighted by atomic mass is 9.95. The predicted molar refractivity (Wildman–Crippen MR) is 157 cm³/mol. The van der Waals surface area contributed by atoms with E-state index in [2.05, 4.69) is 25.1 Å². The number of phenols is 1.